The van der Waals surface area contributed by atoms with Crippen LogP contribution in [0.4, 0.5) is 0 Å². The minimum absolute atomic E-state index is 0.0194. The van der Waals surface area contributed by atoms with Crippen LogP contribution >= 0.6 is 11.6 Å². The lowest BCUT2D eigenvalue weighted by Gasteiger charge is -2.20. The quantitative estimate of drug-likeness (QED) is 0.740. The van der Waals surface area contributed by atoms with Gasteiger partial charge in [-0.2, -0.15) is 0 Å². The van der Waals surface area contributed by atoms with Crippen molar-refractivity contribution in [1.29, 1.82) is 0 Å². The molecule has 1 atom stereocenters. The van der Waals surface area contributed by atoms with Gasteiger partial charge in [-0.05, 0) is 48.7 Å². The van der Waals surface area contributed by atoms with Gasteiger partial charge in [0.15, 0.2) is 0 Å². The Kier molecular flexibility index (Phi) is 4.66. The molecule has 1 saturated heterocycles. The number of benzene rings is 2. The van der Waals surface area contributed by atoms with Gasteiger partial charge in [-0.25, -0.2) is 4.98 Å². The van der Waals surface area contributed by atoms with Gasteiger partial charge in [-0.15, -0.1) is 0 Å². The number of aromatic nitrogens is 2. The van der Waals surface area contributed by atoms with Crippen molar-refractivity contribution in [1.82, 2.24) is 20.2 Å². The number of H-pyrrole nitrogens is 1. The molecule has 0 aliphatic carbocycles. The molecule has 5 nitrogen and oxygen atoms in total. The molecule has 1 fully saturated rings. The van der Waals surface area contributed by atoms with E-state index in [4.69, 9.17) is 11.6 Å². The average Bonchev–Trinajstić information content (AvgIpc) is 3.30. The highest BCUT2D eigenvalue weighted by Gasteiger charge is 2.24. The van der Waals surface area contributed by atoms with Gasteiger partial charge in [-0.3, -0.25) is 4.79 Å². The molecule has 26 heavy (non-hydrogen) atoms. The number of halogens is 1. The van der Waals surface area contributed by atoms with E-state index >= 15 is 0 Å². The van der Waals surface area contributed by atoms with Gasteiger partial charge in [0, 0.05) is 24.2 Å². The van der Waals surface area contributed by atoms with Crippen LogP contribution in [0.25, 0.3) is 11.0 Å². The molecular formula is C20H21ClN4O. The van der Waals surface area contributed by atoms with Gasteiger partial charge in [0.25, 0.3) is 5.91 Å². The summed E-state index contributed by atoms with van der Waals surface area (Å²) < 4.78 is 0. The molecule has 1 aromatic heterocycles. The van der Waals surface area contributed by atoms with E-state index in [1.807, 2.05) is 43.4 Å². The predicted molar refractivity (Wildman–Crippen MR) is 104 cm³/mol. The second kappa shape index (κ2) is 7.09. The molecular weight excluding hydrogens is 348 g/mol. The standard InChI is InChI=1S/C20H21ClN4O/c1-25(12-19-23-17-7-6-14(21)10-18(17)24-19)20(26)16-5-3-2-4-15(16)13-8-9-22-11-13/h2-7,10,13,22H,8-9,11-12H2,1H3,(H,23,24). The Morgan fingerprint density at radius 3 is 2.96 bits per heavy atom. The Labute approximate surface area is 157 Å². The Bertz CT molecular complexity index is 946. The summed E-state index contributed by atoms with van der Waals surface area (Å²) >= 11 is 6.03. The van der Waals surface area contributed by atoms with E-state index in [2.05, 4.69) is 21.4 Å². The van der Waals surface area contributed by atoms with Gasteiger partial charge in [0.2, 0.25) is 0 Å². The molecule has 1 unspecified atom stereocenters. The maximum atomic E-state index is 13.0. The Morgan fingerprint density at radius 1 is 1.31 bits per heavy atom. The first-order chi connectivity index (χ1) is 12.6. The van der Waals surface area contributed by atoms with Gasteiger partial charge >= 0.3 is 0 Å². The maximum Gasteiger partial charge on any atom is 0.254 e. The second-order valence-corrected chi connectivity index (χ2v) is 7.22. The highest BCUT2D eigenvalue weighted by molar-refractivity contribution is 6.31. The summed E-state index contributed by atoms with van der Waals surface area (Å²) in [6, 6.07) is 13.5. The van der Waals surface area contributed by atoms with Gasteiger partial charge in [-0.1, -0.05) is 29.8 Å². The Hall–Kier alpha value is -2.37. The first-order valence-corrected chi connectivity index (χ1v) is 9.19. The number of imidazole rings is 1. The van der Waals surface area contributed by atoms with Crippen LogP contribution in [-0.2, 0) is 6.54 Å². The van der Waals surface area contributed by atoms with Crippen molar-refractivity contribution in [2.45, 2.75) is 18.9 Å². The number of nitrogens with zero attached hydrogens (tertiary/aromatic N) is 2. The SMILES string of the molecule is CN(Cc1nc2ccc(Cl)cc2[nH]1)C(=O)c1ccccc1C1CCNC1. The smallest absolute Gasteiger partial charge is 0.254 e. The third-order valence-electron chi connectivity index (χ3n) is 4.92. The van der Waals surface area contributed by atoms with Gasteiger partial charge < -0.3 is 15.2 Å². The summed E-state index contributed by atoms with van der Waals surface area (Å²) in [6.45, 7) is 2.35. The number of nitrogens with one attached hydrogen (secondary N) is 2. The minimum Gasteiger partial charge on any atom is -0.340 e. The molecule has 6 heteroatoms. The number of hydrogen-bond acceptors (Lipinski definition) is 3. The van der Waals surface area contributed by atoms with Crippen molar-refractivity contribution in [2.24, 2.45) is 0 Å². The van der Waals surface area contributed by atoms with Gasteiger partial charge in [0.1, 0.15) is 5.82 Å². The molecule has 0 spiro atoms. The van der Waals surface area contributed by atoms with Crippen LogP contribution < -0.4 is 5.32 Å². The minimum atomic E-state index is 0.0194. The summed E-state index contributed by atoms with van der Waals surface area (Å²) in [6.07, 6.45) is 1.07. The Balaban J connectivity index is 1.56. The molecule has 1 amide bonds. The van der Waals surface area contributed by atoms with E-state index < -0.39 is 0 Å². The van der Waals surface area contributed by atoms with Crippen molar-refractivity contribution < 1.29 is 4.79 Å². The zero-order valence-electron chi connectivity index (χ0n) is 14.6. The molecule has 4 rings (SSSR count). The zero-order valence-corrected chi connectivity index (χ0v) is 15.4. The summed E-state index contributed by atoms with van der Waals surface area (Å²) in [5, 5.41) is 4.04. The van der Waals surface area contributed by atoms with E-state index in [0.717, 1.165) is 47.5 Å². The van der Waals surface area contributed by atoms with E-state index in [-0.39, 0.29) is 5.91 Å². The van der Waals surface area contributed by atoms with Crippen molar-refractivity contribution in [3.63, 3.8) is 0 Å². The van der Waals surface area contributed by atoms with E-state index in [1.165, 1.54) is 0 Å². The highest BCUT2D eigenvalue weighted by Crippen LogP contribution is 2.26. The fourth-order valence-electron chi connectivity index (χ4n) is 3.58. The fourth-order valence-corrected chi connectivity index (χ4v) is 3.75. The van der Waals surface area contributed by atoms with Crippen LogP contribution in [0.5, 0.6) is 0 Å². The molecule has 2 heterocycles. The van der Waals surface area contributed by atoms with E-state index in [9.17, 15) is 4.79 Å². The lowest BCUT2D eigenvalue weighted by atomic mass is 9.93. The summed E-state index contributed by atoms with van der Waals surface area (Å²) in [5.74, 6) is 1.17. The number of fused-ring (bicyclic) bond motifs is 1. The molecule has 1 aliphatic rings. The largest absolute Gasteiger partial charge is 0.340 e. The number of rotatable bonds is 4. The molecule has 0 bridgehead atoms. The molecule has 2 N–H and O–H groups in total. The van der Waals surface area contributed by atoms with Crippen LogP contribution in [0.2, 0.25) is 5.02 Å². The first-order valence-electron chi connectivity index (χ1n) is 8.81. The van der Waals surface area contributed by atoms with Crippen molar-refractivity contribution in [3.05, 3.63) is 64.4 Å². The van der Waals surface area contributed by atoms with Crippen molar-refractivity contribution in [3.8, 4) is 0 Å². The monoisotopic (exact) mass is 368 g/mol. The van der Waals surface area contributed by atoms with Crippen LogP contribution in [0.3, 0.4) is 0 Å². The summed E-state index contributed by atoms with van der Waals surface area (Å²) in [5.41, 5.74) is 3.64. The van der Waals surface area contributed by atoms with Crippen LogP contribution in [0.15, 0.2) is 42.5 Å². The van der Waals surface area contributed by atoms with E-state index in [0.29, 0.717) is 17.5 Å². The van der Waals surface area contributed by atoms with Crippen LogP contribution in [0, 0.1) is 0 Å². The maximum absolute atomic E-state index is 13.0. The van der Waals surface area contributed by atoms with Crippen molar-refractivity contribution in [2.75, 3.05) is 20.1 Å². The third kappa shape index (κ3) is 3.32. The lowest BCUT2D eigenvalue weighted by molar-refractivity contribution is 0.0780. The third-order valence-corrected chi connectivity index (χ3v) is 5.15. The lowest BCUT2D eigenvalue weighted by Crippen LogP contribution is -2.28. The van der Waals surface area contributed by atoms with Crippen LogP contribution in [0.1, 0.15) is 34.1 Å². The highest BCUT2D eigenvalue weighted by atomic mass is 35.5. The number of amides is 1. The zero-order chi connectivity index (χ0) is 18.1. The van der Waals surface area contributed by atoms with Gasteiger partial charge in [0.05, 0.1) is 17.6 Å². The molecule has 3 aromatic rings. The number of aromatic amines is 1. The number of hydrogen-bond donors (Lipinski definition) is 2. The molecule has 1 aliphatic heterocycles. The summed E-state index contributed by atoms with van der Waals surface area (Å²) in [7, 11) is 1.81. The van der Waals surface area contributed by atoms with E-state index in [1.54, 1.807) is 4.90 Å². The first kappa shape index (κ1) is 17.1. The average molecular weight is 369 g/mol. The van der Waals surface area contributed by atoms with Crippen molar-refractivity contribution >= 4 is 28.5 Å². The predicted octanol–water partition coefficient (Wildman–Crippen LogP) is 3.57. The molecule has 134 valence electrons. The fraction of sp³-hybridized carbons (Fsp3) is 0.300. The summed E-state index contributed by atoms with van der Waals surface area (Å²) in [4.78, 5) is 22.5. The topological polar surface area (TPSA) is 61.0 Å². The normalized spacial score (nSPS) is 16.9. The number of carbonyl (C=O) groups is 1. The molecule has 0 radical (unpaired) electrons. The Morgan fingerprint density at radius 2 is 2.15 bits per heavy atom. The molecule has 2 aromatic carbocycles. The van der Waals surface area contributed by atoms with Crippen LogP contribution in [-0.4, -0.2) is 40.9 Å². The second-order valence-electron chi connectivity index (χ2n) is 6.78. The molecule has 0 saturated carbocycles. The number of carbonyl (C=O) groups excluding carboxylic acids is 1.